The van der Waals surface area contributed by atoms with Crippen molar-refractivity contribution in [3.8, 4) is 0 Å². The molecule has 226 valence electrons. The highest BCUT2D eigenvalue weighted by atomic mass is 16.5. The first-order valence-electron chi connectivity index (χ1n) is 14.7. The van der Waals surface area contributed by atoms with Gasteiger partial charge in [0.05, 0.1) is 17.4 Å². The number of aliphatic carboxylic acids is 1. The number of fused-ring (bicyclic) bond motifs is 4. The third-order valence-electron chi connectivity index (χ3n) is 11.8. The molecule has 0 aromatic carbocycles. The predicted octanol–water partition coefficient (Wildman–Crippen LogP) is 3.88. The molecular weight excluding hydrogens is 528 g/mol. The maximum absolute atomic E-state index is 14.6. The summed E-state index contributed by atoms with van der Waals surface area (Å²) in [6.07, 6.45) is -1.19. The molecule has 41 heavy (non-hydrogen) atoms. The van der Waals surface area contributed by atoms with Crippen LogP contribution in [0.25, 0.3) is 0 Å². The first kappa shape index (κ1) is 31.3. The van der Waals surface area contributed by atoms with Crippen LogP contribution in [-0.4, -0.2) is 57.5 Å². The Labute approximate surface area is 241 Å². The molecule has 0 aromatic rings. The first-order chi connectivity index (χ1) is 18.8. The molecule has 6 unspecified atom stereocenters. The van der Waals surface area contributed by atoms with Crippen LogP contribution in [0.15, 0.2) is 11.1 Å². The monoisotopic (exact) mass is 572 g/mol. The van der Waals surface area contributed by atoms with E-state index in [9.17, 15) is 39.0 Å². The van der Waals surface area contributed by atoms with Crippen molar-refractivity contribution in [1.82, 2.24) is 0 Å². The number of ketones is 4. The molecule has 2 saturated carbocycles. The minimum atomic E-state index is -1.43. The largest absolute Gasteiger partial charge is 0.481 e. The number of allylic oxidation sites excluding steroid dienone is 1. The quantitative estimate of drug-likeness (QED) is 0.433. The van der Waals surface area contributed by atoms with Gasteiger partial charge < -0.3 is 14.9 Å². The second kappa shape index (κ2) is 9.96. The molecule has 2 fully saturated rings. The zero-order chi connectivity index (χ0) is 31.0. The minimum absolute atomic E-state index is 0.00458. The number of rotatable bonds is 7. The average Bonchev–Trinajstić information content (AvgIpc) is 3.07. The Hall–Kier alpha value is -2.68. The van der Waals surface area contributed by atoms with Gasteiger partial charge >= 0.3 is 11.9 Å². The van der Waals surface area contributed by atoms with E-state index in [0.29, 0.717) is 12.8 Å². The van der Waals surface area contributed by atoms with Gasteiger partial charge in [-0.1, -0.05) is 41.5 Å². The molecule has 0 aliphatic heterocycles. The first-order valence-corrected chi connectivity index (χ1v) is 14.7. The van der Waals surface area contributed by atoms with Crippen molar-refractivity contribution in [2.24, 2.45) is 45.3 Å². The van der Waals surface area contributed by atoms with Crippen molar-refractivity contribution in [3.63, 3.8) is 0 Å². The number of carboxylic acids is 1. The smallest absolute Gasteiger partial charge is 0.306 e. The van der Waals surface area contributed by atoms with E-state index in [4.69, 9.17) is 4.74 Å². The summed E-state index contributed by atoms with van der Waals surface area (Å²) >= 11 is 0. The number of esters is 1. The predicted molar refractivity (Wildman–Crippen MR) is 147 cm³/mol. The highest BCUT2D eigenvalue weighted by Crippen LogP contribution is 2.70. The molecule has 2 N–H and O–H groups in total. The fourth-order valence-corrected chi connectivity index (χ4v) is 9.17. The van der Waals surface area contributed by atoms with Gasteiger partial charge in [-0.05, 0) is 42.9 Å². The van der Waals surface area contributed by atoms with Gasteiger partial charge in [0.15, 0.2) is 11.9 Å². The van der Waals surface area contributed by atoms with Gasteiger partial charge in [-0.3, -0.25) is 28.8 Å². The van der Waals surface area contributed by atoms with E-state index in [1.165, 1.54) is 13.8 Å². The van der Waals surface area contributed by atoms with Crippen LogP contribution in [0, 0.1) is 45.3 Å². The van der Waals surface area contributed by atoms with Crippen molar-refractivity contribution >= 4 is 35.1 Å². The molecule has 4 aliphatic rings. The average molecular weight is 573 g/mol. The van der Waals surface area contributed by atoms with E-state index in [1.54, 1.807) is 20.8 Å². The Morgan fingerprint density at radius 1 is 0.976 bits per heavy atom. The summed E-state index contributed by atoms with van der Waals surface area (Å²) in [5.41, 5.74) is -3.73. The van der Waals surface area contributed by atoms with Crippen LogP contribution in [0.1, 0.15) is 93.9 Å². The Bertz CT molecular complexity index is 1260. The van der Waals surface area contributed by atoms with E-state index in [0.717, 1.165) is 0 Å². The third-order valence-corrected chi connectivity index (χ3v) is 11.8. The zero-order valence-electron chi connectivity index (χ0n) is 25.5. The third kappa shape index (κ3) is 4.28. The lowest BCUT2D eigenvalue weighted by Gasteiger charge is -2.61. The maximum atomic E-state index is 14.6. The molecule has 0 aromatic heterocycles. The molecule has 0 amide bonds. The van der Waals surface area contributed by atoms with Crippen LogP contribution < -0.4 is 0 Å². The molecule has 9 atom stereocenters. The molecule has 0 radical (unpaired) electrons. The van der Waals surface area contributed by atoms with Gasteiger partial charge in [-0.15, -0.1) is 0 Å². The minimum Gasteiger partial charge on any atom is -0.481 e. The van der Waals surface area contributed by atoms with E-state index >= 15 is 0 Å². The van der Waals surface area contributed by atoms with E-state index in [-0.39, 0.29) is 60.1 Å². The second-order valence-corrected chi connectivity index (χ2v) is 14.4. The number of Topliss-reactive ketones (excluding diaryl/α,β-unsaturated/α-hetero) is 4. The Kier molecular flexibility index (Phi) is 7.59. The molecule has 9 heteroatoms. The summed E-state index contributed by atoms with van der Waals surface area (Å²) in [5.74, 6) is -5.24. The molecule has 9 nitrogen and oxygen atoms in total. The normalized spacial score (nSPS) is 39.4. The Balaban J connectivity index is 1.88. The highest BCUT2D eigenvalue weighted by Gasteiger charge is 2.74. The molecule has 4 aliphatic carbocycles. The van der Waals surface area contributed by atoms with Gasteiger partial charge in [-0.2, -0.15) is 0 Å². The highest BCUT2D eigenvalue weighted by molar-refractivity contribution is 6.18. The zero-order valence-corrected chi connectivity index (χ0v) is 25.5. The summed E-state index contributed by atoms with van der Waals surface area (Å²) in [7, 11) is 0. The summed E-state index contributed by atoms with van der Waals surface area (Å²) in [6, 6.07) is 0. The number of hydrogen-bond acceptors (Lipinski definition) is 8. The molecule has 0 saturated heterocycles. The number of carbonyl (C=O) groups excluding carboxylic acids is 5. The van der Waals surface area contributed by atoms with Crippen molar-refractivity contribution in [1.29, 1.82) is 0 Å². The molecule has 0 heterocycles. The van der Waals surface area contributed by atoms with Crippen LogP contribution in [0.3, 0.4) is 0 Å². The van der Waals surface area contributed by atoms with Crippen LogP contribution in [0.5, 0.6) is 0 Å². The van der Waals surface area contributed by atoms with Gasteiger partial charge in [-0.25, -0.2) is 0 Å². The van der Waals surface area contributed by atoms with Crippen LogP contribution in [0.4, 0.5) is 0 Å². The molecule has 4 rings (SSSR count). The van der Waals surface area contributed by atoms with E-state index in [2.05, 4.69) is 0 Å². The standard InChI is InChI=1S/C32H44O9/c1-15(11-18(34)12-16(2)28(39)40)19-13-23(37)32(8)24-20(35)14-21-29(4,5)22(36)9-10-30(21,6)25(24)26(38)27(31(19,32)7)41-17(3)33/h15-16,19,21-22,27,36H,9-14H2,1-8H3,(H,39,40)/t15?,16?,19?,21?,22-,27+,30?,31?,32-/m0/s1. The van der Waals surface area contributed by atoms with Crippen molar-refractivity contribution in [3.05, 3.63) is 11.1 Å². The van der Waals surface area contributed by atoms with Crippen molar-refractivity contribution < 1.29 is 43.7 Å². The van der Waals surface area contributed by atoms with Crippen LogP contribution in [-0.2, 0) is 33.5 Å². The van der Waals surface area contributed by atoms with Gasteiger partial charge in [0.1, 0.15) is 11.6 Å². The number of hydrogen-bond donors (Lipinski definition) is 2. The Morgan fingerprint density at radius 2 is 1.59 bits per heavy atom. The summed E-state index contributed by atoms with van der Waals surface area (Å²) in [6.45, 7) is 13.6. The second-order valence-electron chi connectivity index (χ2n) is 14.4. The van der Waals surface area contributed by atoms with Crippen LogP contribution >= 0.6 is 0 Å². The van der Waals surface area contributed by atoms with Crippen molar-refractivity contribution in [2.75, 3.05) is 0 Å². The number of carboxylic acid groups (broad SMARTS) is 1. The van der Waals surface area contributed by atoms with E-state index in [1.807, 2.05) is 20.8 Å². The molecule has 0 spiro atoms. The maximum Gasteiger partial charge on any atom is 0.306 e. The summed E-state index contributed by atoms with van der Waals surface area (Å²) < 4.78 is 5.80. The number of carbonyl (C=O) groups is 6. The topological polar surface area (TPSA) is 152 Å². The lowest BCUT2D eigenvalue weighted by molar-refractivity contribution is -0.176. The molecular formula is C32H44O9. The summed E-state index contributed by atoms with van der Waals surface area (Å²) in [4.78, 5) is 79.5. The van der Waals surface area contributed by atoms with Crippen molar-refractivity contribution in [2.45, 2.75) is 106 Å². The number of aliphatic hydroxyl groups excluding tert-OH is 1. The molecule has 0 bridgehead atoms. The summed E-state index contributed by atoms with van der Waals surface area (Å²) in [5, 5.41) is 20.1. The fraction of sp³-hybridized carbons (Fsp3) is 0.750. The van der Waals surface area contributed by atoms with Gasteiger partial charge in [0.25, 0.3) is 0 Å². The number of aliphatic hydroxyl groups is 1. The van der Waals surface area contributed by atoms with Crippen LogP contribution in [0.2, 0.25) is 0 Å². The van der Waals surface area contributed by atoms with Gasteiger partial charge in [0, 0.05) is 54.6 Å². The SMILES string of the molecule is CC(=O)O[C@@H]1C(=O)C2=C(C(=O)CC3C2(C)CC[C@H](O)C3(C)C)[C@]2(C)C(=O)CC(C(C)CC(=O)CC(C)C(=O)O)C12C. The lowest BCUT2D eigenvalue weighted by atomic mass is 9.42. The number of ether oxygens (including phenoxy) is 1. The lowest BCUT2D eigenvalue weighted by Crippen LogP contribution is -2.65. The Morgan fingerprint density at radius 3 is 2.15 bits per heavy atom. The van der Waals surface area contributed by atoms with Gasteiger partial charge in [0.2, 0.25) is 5.78 Å². The van der Waals surface area contributed by atoms with E-state index < -0.39 is 69.3 Å². The fourth-order valence-electron chi connectivity index (χ4n) is 9.17.